The smallest absolute Gasteiger partial charge is 0.273 e. The van der Waals surface area contributed by atoms with E-state index in [0.717, 1.165) is 5.56 Å². The van der Waals surface area contributed by atoms with Gasteiger partial charge < -0.3 is 10.2 Å². The van der Waals surface area contributed by atoms with Crippen molar-refractivity contribution in [2.24, 2.45) is 0 Å². The summed E-state index contributed by atoms with van der Waals surface area (Å²) in [7, 11) is 1.53. The zero-order valence-electron chi connectivity index (χ0n) is 16.1. The number of nitro benzene ring substituents is 1. The van der Waals surface area contributed by atoms with Crippen LogP contribution in [0.2, 0.25) is 0 Å². The fraction of sp³-hybridized carbons (Fsp3) is 0.333. The van der Waals surface area contributed by atoms with Gasteiger partial charge in [0.1, 0.15) is 6.04 Å². The van der Waals surface area contributed by atoms with E-state index in [4.69, 9.17) is 0 Å². The minimum Gasteiger partial charge on any atom is -0.357 e. The fourth-order valence-electron chi connectivity index (χ4n) is 3.17. The summed E-state index contributed by atoms with van der Waals surface area (Å²) in [5, 5.41) is 13.8. The molecule has 0 aliphatic carbocycles. The summed E-state index contributed by atoms with van der Waals surface area (Å²) in [4.78, 5) is 37.6. The minimum absolute atomic E-state index is 0.0909. The summed E-state index contributed by atoms with van der Waals surface area (Å²) >= 11 is 0. The lowest BCUT2D eigenvalue weighted by Gasteiger charge is -2.30. The Balaban J connectivity index is 2.25. The van der Waals surface area contributed by atoms with Crippen LogP contribution in [-0.2, 0) is 22.4 Å². The van der Waals surface area contributed by atoms with Gasteiger partial charge in [0.15, 0.2) is 0 Å². The van der Waals surface area contributed by atoms with Crippen LogP contribution in [0.5, 0.6) is 0 Å². The molecule has 0 aromatic heterocycles. The van der Waals surface area contributed by atoms with Crippen molar-refractivity contribution in [2.45, 2.75) is 32.2 Å². The van der Waals surface area contributed by atoms with Crippen LogP contribution in [0.25, 0.3) is 0 Å². The van der Waals surface area contributed by atoms with Crippen molar-refractivity contribution >= 4 is 17.5 Å². The molecule has 2 aromatic rings. The van der Waals surface area contributed by atoms with E-state index in [0.29, 0.717) is 24.9 Å². The monoisotopic (exact) mass is 383 g/mol. The lowest BCUT2D eigenvalue weighted by Crippen LogP contribution is -2.49. The molecule has 0 radical (unpaired) electrons. The number of hydrogen-bond acceptors (Lipinski definition) is 4. The maximum atomic E-state index is 13.1. The predicted octanol–water partition coefficient (Wildman–Crippen LogP) is 2.73. The number of nitro groups is 1. The number of amides is 2. The molecule has 7 nitrogen and oxygen atoms in total. The lowest BCUT2D eigenvalue weighted by molar-refractivity contribution is -0.385. The lowest BCUT2D eigenvalue weighted by atomic mass is 10.1. The third-order valence-corrected chi connectivity index (χ3v) is 4.65. The van der Waals surface area contributed by atoms with Gasteiger partial charge in [0.05, 0.1) is 11.3 Å². The molecule has 0 spiro atoms. The molecule has 0 bridgehead atoms. The standard InChI is InChI=1S/C21H25N3O4/c1-3-18(21(26)22-2)23(14-13-16-9-5-4-6-10-16)20(25)15-17-11-7-8-12-19(17)24(27)28/h4-12,18H,3,13-15H2,1-2H3,(H,22,26)/t18-/m0/s1. The second kappa shape index (κ2) is 10.2. The SMILES string of the molecule is CC[C@@H](C(=O)NC)N(CCc1ccccc1)C(=O)Cc1ccccc1[N+](=O)[O-]. The van der Waals surface area contributed by atoms with E-state index in [1.165, 1.54) is 18.0 Å². The largest absolute Gasteiger partial charge is 0.357 e. The molecule has 1 N–H and O–H groups in total. The van der Waals surface area contributed by atoms with E-state index >= 15 is 0 Å². The zero-order chi connectivity index (χ0) is 20.5. The second-order valence-electron chi connectivity index (χ2n) is 6.42. The van der Waals surface area contributed by atoms with Gasteiger partial charge in [-0.3, -0.25) is 19.7 Å². The third kappa shape index (κ3) is 5.39. The van der Waals surface area contributed by atoms with Crippen LogP contribution in [0, 0.1) is 10.1 Å². The molecule has 28 heavy (non-hydrogen) atoms. The van der Waals surface area contributed by atoms with E-state index < -0.39 is 11.0 Å². The number of benzene rings is 2. The van der Waals surface area contributed by atoms with E-state index in [9.17, 15) is 19.7 Å². The Hall–Kier alpha value is -3.22. The van der Waals surface area contributed by atoms with Crippen LogP contribution < -0.4 is 5.32 Å². The Labute approximate surface area is 164 Å². The third-order valence-electron chi connectivity index (χ3n) is 4.65. The highest BCUT2D eigenvalue weighted by Gasteiger charge is 2.28. The van der Waals surface area contributed by atoms with Crippen molar-refractivity contribution in [1.29, 1.82) is 0 Å². The molecule has 0 fully saturated rings. The van der Waals surface area contributed by atoms with Crippen molar-refractivity contribution in [3.8, 4) is 0 Å². The van der Waals surface area contributed by atoms with Crippen LogP contribution in [0.15, 0.2) is 54.6 Å². The van der Waals surface area contributed by atoms with Gasteiger partial charge in [-0.1, -0.05) is 55.5 Å². The number of nitrogens with one attached hydrogen (secondary N) is 1. The van der Waals surface area contributed by atoms with Gasteiger partial charge in [-0.25, -0.2) is 0 Å². The molecule has 7 heteroatoms. The van der Waals surface area contributed by atoms with E-state index in [1.54, 1.807) is 18.2 Å². The van der Waals surface area contributed by atoms with Crippen LogP contribution in [-0.4, -0.2) is 41.3 Å². The number of carbonyl (C=O) groups excluding carboxylic acids is 2. The second-order valence-corrected chi connectivity index (χ2v) is 6.42. The number of carbonyl (C=O) groups is 2. The Morgan fingerprint density at radius 1 is 1.11 bits per heavy atom. The molecular formula is C21H25N3O4. The van der Waals surface area contributed by atoms with E-state index in [1.807, 2.05) is 37.3 Å². The van der Waals surface area contributed by atoms with Gasteiger partial charge in [0.2, 0.25) is 11.8 Å². The Bertz CT molecular complexity index is 823. The van der Waals surface area contributed by atoms with Crippen LogP contribution in [0.3, 0.4) is 0 Å². The summed E-state index contributed by atoms with van der Waals surface area (Å²) in [6.45, 7) is 2.20. The van der Waals surface area contributed by atoms with E-state index in [2.05, 4.69) is 5.32 Å². The van der Waals surface area contributed by atoms with Crippen molar-refractivity contribution < 1.29 is 14.5 Å². The molecule has 0 aliphatic heterocycles. The first-order valence-corrected chi connectivity index (χ1v) is 9.25. The maximum absolute atomic E-state index is 13.1. The van der Waals surface area contributed by atoms with E-state index in [-0.39, 0.29) is 23.9 Å². The minimum atomic E-state index is -0.621. The average Bonchev–Trinajstić information content (AvgIpc) is 2.71. The predicted molar refractivity (Wildman–Crippen MR) is 107 cm³/mol. The number of hydrogen-bond donors (Lipinski definition) is 1. The molecule has 0 unspecified atom stereocenters. The summed E-state index contributed by atoms with van der Waals surface area (Å²) in [5.41, 5.74) is 1.30. The summed E-state index contributed by atoms with van der Waals surface area (Å²) < 4.78 is 0. The van der Waals surface area contributed by atoms with Crippen LogP contribution in [0.4, 0.5) is 5.69 Å². The molecule has 148 valence electrons. The number of likely N-dealkylation sites (N-methyl/N-ethyl adjacent to an activating group) is 1. The van der Waals surface area contributed by atoms with Gasteiger partial charge in [-0.2, -0.15) is 0 Å². The quantitative estimate of drug-likeness (QED) is 0.532. The topological polar surface area (TPSA) is 92.6 Å². The average molecular weight is 383 g/mol. The van der Waals surface area contributed by atoms with Gasteiger partial charge >= 0.3 is 0 Å². The number of nitrogens with zero attached hydrogens (tertiary/aromatic N) is 2. The zero-order valence-corrected chi connectivity index (χ0v) is 16.1. The van der Waals surface area contributed by atoms with Gasteiger partial charge in [0, 0.05) is 25.2 Å². The molecule has 2 aromatic carbocycles. The van der Waals surface area contributed by atoms with Crippen LogP contribution in [0.1, 0.15) is 24.5 Å². The van der Waals surface area contributed by atoms with Crippen molar-refractivity contribution in [1.82, 2.24) is 10.2 Å². The van der Waals surface area contributed by atoms with Gasteiger partial charge in [0.25, 0.3) is 5.69 Å². The molecular weight excluding hydrogens is 358 g/mol. The highest BCUT2D eigenvalue weighted by Crippen LogP contribution is 2.20. The normalized spacial score (nSPS) is 11.5. The first-order chi connectivity index (χ1) is 13.5. The molecule has 2 rings (SSSR count). The molecule has 0 saturated carbocycles. The molecule has 0 aliphatic rings. The van der Waals surface area contributed by atoms with Crippen molar-refractivity contribution in [3.63, 3.8) is 0 Å². The number of rotatable bonds is 9. The first-order valence-electron chi connectivity index (χ1n) is 9.25. The molecule has 1 atom stereocenters. The van der Waals surface area contributed by atoms with Crippen LogP contribution >= 0.6 is 0 Å². The Morgan fingerprint density at radius 3 is 2.36 bits per heavy atom. The summed E-state index contributed by atoms with van der Waals surface area (Å²) in [5.74, 6) is -0.549. The van der Waals surface area contributed by atoms with Crippen molar-refractivity contribution in [3.05, 3.63) is 75.8 Å². The Kier molecular flexibility index (Phi) is 7.68. The van der Waals surface area contributed by atoms with Crippen molar-refractivity contribution in [2.75, 3.05) is 13.6 Å². The highest BCUT2D eigenvalue weighted by atomic mass is 16.6. The molecule has 0 saturated heterocycles. The Morgan fingerprint density at radius 2 is 1.75 bits per heavy atom. The molecule has 0 heterocycles. The fourth-order valence-corrected chi connectivity index (χ4v) is 3.17. The van der Waals surface area contributed by atoms with Gasteiger partial charge in [-0.15, -0.1) is 0 Å². The summed E-state index contributed by atoms with van der Waals surface area (Å²) in [6, 6.07) is 15.3. The highest BCUT2D eigenvalue weighted by molar-refractivity contribution is 5.88. The number of para-hydroxylation sites is 1. The maximum Gasteiger partial charge on any atom is 0.273 e. The van der Waals surface area contributed by atoms with Gasteiger partial charge in [-0.05, 0) is 18.4 Å². The summed E-state index contributed by atoms with van der Waals surface area (Å²) in [6.07, 6.45) is 0.924. The molecule has 2 amide bonds. The first kappa shape index (κ1) is 21.1.